The van der Waals surface area contributed by atoms with E-state index in [0.29, 0.717) is 19.4 Å². The number of likely N-dealkylation sites (tertiary alicyclic amines) is 3. The summed E-state index contributed by atoms with van der Waals surface area (Å²) in [5.74, 6) is -0.332. The third-order valence-corrected chi connectivity index (χ3v) is 11.6. The van der Waals surface area contributed by atoms with Gasteiger partial charge in [0.25, 0.3) is 10.0 Å². The van der Waals surface area contributed by atoms with E-state index in [0.717, 1.165) is 48.8 Å². The Hall–Kier alpha value is -1.79. The Labute approximate surface area is 221 Å². The second-order valence-corrected chi connectivity index (χ2v) is 14.3. The standard InChI is InChI=1S/C25H34N4O4S3/c1-18-8-9-21(34-18)22-10-11-24(35-22)36(32,33)26-20-7-5-14-28(25(20)31)17-23(30)29-15-4-6-19(29)16-27-12-2-3-13-27/h8-11,19-20,26H,2-7,12-17H2,1H3/t19-,20-/m0/s1. The fraction of sp³-hybridized carbons (Fsp3) is 0.600. The second kappa shape index (κ2) is 10.9. The van der Waals surface area contributed by atoms with Crippen molar-refractivity contribution in [3.05, 3.63) is 29.1 Å². The molecule has 5 heterocycles. The van der Waals surface area contributed by atoms with Gasteiger partial charge in [-0.3, -0.25) is 9.59 Å². The molecule has 2 aromatic rings. The highest BCUT2D eigenvalue weighted by Crippen LogP contribution is 2.35. The fourth-order valence-electron chi connectivity index (χ4n) is 5.49. The topological polar surface area (TPSA) is 90.0 Å². The molecular weight excluding hydrogens is 517 g/mol. The van der Waals surface area contributed by atoms with Gasteiger partial charge in [0, 0.05) is 40.3 Å². The van der Waals surface area contributed by atoms with Gasteiger partial charge >= 0.3 is 0 Å². The zero-order valence-electron chi connectivity index (χ0n) is 20.6. The van der Waals surface area contributed by atoms with Crippen LogP contribution in [0.1, 0.15) is 43.4 Å². The third kappa shape index (κ3) is 5.70. The first kappa shape index (κ1) is 25.8. The van der Waals surface area contributed by atoms with Crippen LogP contribution in [0.4, 0.5) is 0 Å². The van der Waals surface area contributed by atoms with Crippen LogP contribution in [0.25, 0.3) is 9.75 Å². The van der Waals surface area contributed by atoms with Gasteiger partial charge in [0.1, 0.15) is 10.3 Å². The highest BCUT2D eigenvalue weighted by molar-refractivity contribution is 7.91. The number of nitrogens with one attached hydrogen (secondary N) is 1. The molecule has 0 aliphatic carbocycles. The van der Waals surface area contributed by atoms with Gasteiger partial charge < -0.3 is 14.7 Å². The maximum atomic E-state index is 13.2. The minimum atomic E-state index is -3.84. The zero-order chi connectivity index (χ0) is 25.3. The van der Waals surface area contributed by atoms with Gasteiger partial charge in [-0.15, -0.1) is 22.7 Å². The van der Waals surface area contributed by atoms with E-state index in [2.05, 4.69) is 9.62 Å². The molecular formula is C25H34N4O4S3. The molecule has 3 aliphatic heterocycles. The number of nitrogens with zero attached hydrogens (tertiary/aromatic N) is 3. The number of carbonyl (C=O) groups excluding carboxylic acids is 2. The summed E-state index contributed by atoms with van der Waals surface area (Å²) in [4.78, 5) is 35.4. The molecule has 0 saturated carbocycles. The largest absolute Gasteiger partial charge is 0.337 e. The molecule has 8 nitrogen and oxygen atoms in total. The van der Waals surface area contributed by atoms with Crippen LogP contribution in [0.3, 0.4) is 0 Å². The fourth-order valence-corrected chi connectivity index (χ4v) is 8.99. The lowest BCUT2D eigenvalue weighted by Gasteiger charge is -2.34. The van der Waals surface area contributed by atoms with Crippen LogP contribution in [0.5, 0.6) is 0 Å². The molecule has 2 aromatic heterocycles. The van der Waals surface area contributed by atoms with Gasteiger partial charge in [0.15, 0.2) is 0 Å². The zero-order valence-corrected chi connectivity index (χ0v) is 23.1. The molecule has 1 N–H and O–H groups in total. The lowest BCUT2D eigenvalue weighted by molar-refractivity contribution is -0.143. The SMILES string of the molecule is Cc1ccc(-c2ccc(S(=O)(=O)N[C@H]3CCCN(CC(=O)N4CCC[C@H]4CN4CCCC4)C3=O)s2)s1. The highest BCUT2D eigenvalue weighted by atomic mass is 32.2. The molecule has 196 valence electrons. The van der Waals surface area contributed by atoms with Gasteiger partial charge in [-0.25, -0.2) is 8.42 Å². The van der Waals surface area contributed by atoms with Crippen molar-refractivity contribution in [3.63, 3.8) is 0 Å². The van der Waals surface area contributed by atoms with Crippen molar-refractivity contribution in [2.24, 2.45) is 0 Å². The molecule has 0 aromatic carbocycles. The molecule has 5 rings (SSSR count). The van der Waals surface area contributed by atoms with E-state index in [1.807, 2.05) is 30.0 Å². The van der Waals surface area contributed by atoms with Gasteiger partial charge in [-0.1, -0.05) is 0 Å². The van der Waals surface area contributed by atoms with E-state index in [4.69, 9.17) is 0 Å². The Kier molecular flexibility index (Phi) is 7.83. The van der Waals surface area contributed by atoms with Gasteiger partial charge in [0.2, 0.25) is 11.8 Å². The number of carbonyl (C=O) groups is 2. The van der Waals surface area contributed by atoms with Crippen LogP contribution in [-0.2, 0) is 19.6 Å². The summed E-state index contributed by atoms with van der Waals surface area (Å²) in [5, 5.41) is 0. The number of hydrogen-bond acceptors (Lipinski definition) is 7. The van der Waals surface area contributed by atoms with Crippen molar-refractivity contribution < 1.29 is 18.0 Å². The molecule has 3 aliphatic rings. The molecule has 3 saturated heterocycles. The van der Waals surface area contributed by atoms with E-state index < -0.39 is 16.1 Å². The van der Waals surface area contributed by atoms with Gasteiger partial charge in [-0.2, -0.15) is 4.72 Å². The summed E-state index contributed by atoms with van der Waals surface area (Å²) >= 11 is 2.83. The number of aryl methyl sites for hydroxylation is 1. The number of hydrogen-bond donors (Lipinski definition) is 1. The average molecular weight is 551 g/mol. The van der Waals surface area contributed by atoms with Crippen molar-refractivity contribution in [3.8, 4) is 9.75 Å². The summed E-state index contributed by atoms with van der Waals surface area (Å²) < 4.78 is 29.0. The minimum absolute atomic E-state index is 0.0223. The summed E-state index contributed by atoms with van der Waals surface area (Å²) in [6.45, 7) is 6.37. The van der Waals surface area contributed by atoms with E-state index in [9.17, 15) is 18.0 Å². The van der Waals surface area contributed by atoms with E-state index in [1.54, 1.807) is 22.3 Å². The minimum Gasteiger partial charge on any atom is -0.337 e. The predicted octanol–water partition coefficient (Wildman–Crippen LogP) is 3.14. The van der Waals surface area contributed by atoms with Crippen molar-refractivity contribution in [1.29, 1.82) is 0 Å². The summed E-state index contributed by atoms with van der Waals surface area (Å²) in [5.41, 5.74) is 0. The van der Waals surface area contributed by atoms with Crippen LogP contribution >= 0.6 is 22.7 Å². The van der Waals surface area contributed by atoms with E-state index in [-0.39, 0.29) is 28.6 Å². The Morgan fingerprint density at radius 2 is 1.69 bits per heavy atom. The number of amides is 2. The predicted molar refractivity (Wildman–Crippen MR) is 143 cm³/mol. The van der Waals surface area contributed by atoms with Gasteiger partial charge in [-0.05, 0) is 82.8 Å². The number of piperidine rings is 1. The third-order valence-electron chi connectivity index (χ3n) is 7.35. The van der Waals surface area contributed by atoms with Crippen molar-refractivity contribution in [2.45, 2.75) is 61.7 Å². The average Bonchev–Trinajstić information content (AvgIpc) is 3.64. The number of rotatable bonds is 8. The lowest BCUT2D eigenvalue weighted by Crippen LogP contribution is -2.55. The first-order valence-electron chi connectivity index (χ1n) is 12.8. The first-order valence-corrected chi connectivity index (χ1v) is 15.9. The highest BCUT2D eigenvalue weighted by Gasteiger charge is 2.36. The van der Waals surface area contributed by atoms with Crippen molar-refractivity contribution >= 4 is 44.5 Å². The lowest BCUT2D eigenvalue weighted by atomic mass is 10.1. The summed E-state index contributed by atoms with van der Waals surface area (Å²) in [6.07, 6.45) is 5.54. The van der Waals surface area contributed by atoms with Crippen LogP contribution in [0.2, 0.25) is 0 Å². The second-order valence-electron chi connectivity index (χ2n) is 10.00. The van der Waals surface area contributed by atoms with E-state index >= 15 is 0 Å². The van der Waals surface area contributed by atoms with Crippen LogP contribution in [0.15, 0.2) is 28.5 Å². The monoisotopic (exact) mass is 550 g/mol. The molecule has 0 spiro atoms. The molecule has 0 unspecified atom stereocenters. The summed E-state index contributed by atoms with van der Waals surface area (Å²) in [6, 6.07) is 6.78. The normalized spacial score (nSPS) is 23.6. The molecule has 36 heavy (non-hydrogen) atoms. The Balaban J connectivity index is 1.20. The van der Waals surface area contributed by atoms with Crippen LogP contribution in [-0.4, -0.2) is 86.3 Å². The van der Waals surface area contributed by atoms with E-state index in [1.165, 1.54) is 29.1 Å². The molecule has 0 radical (unpaired) electrons. The summed E-state index contributed by atoms with van der Waals surface area (Å²) in [7, 11) is -3.84. The Morgan fingerprint density at radius 3 is 2.44 bits per heavy atom. The van der Waals surface area contributed by atoms with Crippen molar-refractivity contribution in [1.82, 2.24) is 19.4 Å². The Bertz CT molecular complexity index is 1200. The molecule has 11 heteroatoms. The first-order chi connectivity index (χ1) is 17.3. The van der Waals surface area contributed by atoms with Gasteiger partial charge in [0.05, 0.1) is 6.54 Å². The molecule has 2 amide bonds. The quantitative estimate of drug-likeness (QED) is 0.546. The molecule has 3 fully saturated rings. The Morgan fingerprint density at radius 1 is 0.972 bits per heavy atom. The maximum absolute atomic E-state index is 13.2. The smallest absolute Gasteiger partial charge is 0.250 e. The number of thiophene rings is 2. The van der Waals surface area contributed by atoms with Crippen LogP contribution in [0, 0.1) is 6.92 Å². The molecule has 2 atom stereocenters. The van der Waals surface area contributed by atoms with Crippen molar-refractivity contribution in [2.75, 3.05) is 39.3 Å². The maximum Gasteiger partial charge on any atom is 0.250 e. The van der Waals surface area contributed by atoms with Crippen LogP contribution < -0.4 is 4.72 Å². The molecule has 0 bridgehead atoms. The number of sulfonamides is 1.